The number of thiophene rings is 1. The Hall–Kier alpha value is -3.36. The Morgan fingerprint density at radius 2 is 1.69 bits per heavy atom. The molecule has 0 saturated carbocycles. The Bertz CT molecular complexity index is 1190. The number of anilines is 1. The van der Waals surface area contributed by atoms with E-state index in [1.807, 2.05) is 48.5 Å². The molecule has 0 radical (unpaired) electrons. The first-order valence-corrected chi connectivity index (χ1v) is 8.83. The molecule has 1 amide bonds. The lowest BCUT2D eigenvalue weighted by molar-refractivity contribution is 0.102. The molecule has 4 nitrogen and oxygen atoms in total. The summed E-state index contributed by atoms with van der Waals surface area (Å²) in [6, 6.07) is 21.0. The summed E-state index contributed by atoms with van der Waals surface area (Å²) in [7, 11) is 1.61. The maximum Gasteiger partial charge on any atom is 0.256 e. The number of rotatable bonds is 3. The topological polar surface area (TPSA) is 62.1 Å². The van der Waals surface area contributed by atoms with Gasteiger partial charge in [0.2, 0.25) is 0 Å². The van der Waals surface area contributed by atoms with E-state index in [1.54, 1.807) is 19.2 Å². The standard InChI is InChI=1S/C21H14N2O2S/c1-25-18-11-10-16(13-6-2-3-7-14(13)18)20(24)23-21-17(12-22)15-8-4-5-9-19(15)26-21/h2-11H,1H3,(H,23,24). The van der Waals surface area contributed by atoms with Crippen LogP contribution in [0.15, 0.2) is 60.7 Å². The van der Waals surface area contributed by atoms with Crippen molar-refractivity contribution in [3.63, 3.8) is 0 Å². The average Bonchev–Trinajstić information content (AvgIpc) is 3.03. The van der Waals surface area contributed by atoms with Gasteiger partial charge in [-0.1, -0.05) is 42.5 Å². The molecule has 0 aliphatic heterocycles. The third-order valence-corrected chi connectivity index (χ3v) is 5.37. The fraction of sp³-hybridized carbons (Fsp3) is 0.0476. The van der Waals surface area contributed by atoms with Crippen LogP contribution in [0.3, 0.4) is 0 Å². The van der Waals surface area contributed by atoms with E-state index in [9.17, 15) is 10.1 Å². The number of methoxy groups -OCH3 is 1. The summed E-state index contributed by atoms with van der Waals surface area (Å²) < 4.78 is 6.36. The predicted octanol–water partition coefficient (Wildman–Crippen LogP) is 5.19. The van der Waals surface area contributed by atoms with Gasteiger partial charge < -0.3 is 10.1 Å². The van der Waals surface area contributed by atoms with Gasteiger partial charge in [-0.2, -0.15) is 5.26 Å². The number of carbonyl (C=O) groups is 1. The minimum atomic E-state index is -0.244. The molecule has 0 spiro atoms. The first-order valence-electron chi connectivity index (χ1n) is 8.01. The maximum absolute atomic E-state index is 12.9. The zero-order chi connectivity index (χ0) is 18.1. The number of ether oxygens (including phenoxy) is 1. The predicted molar refractivity (Wildman–Crippen MR) is 105 cm³/mol. The van der Waals surface area contributed by atoms with Gasteiger partial charge in [-0.3, -0.25) is 4.79 Å². The largest absolute Gasteiger partial charge is 0.496 e. The number of hydrogen-bond acceptors (Lipinski definition) is 4. The molecule has 5 heteroatoms. The Labute approximate surface area is 154 Å². The van der Waals surface area contributed by atoms with Crippen LogP contribution >= 0.6 is 11.3 Å². The second-order valence-corrected chi connectivity index (χ2v) is 6.78. The van der Waals surface area contributed by atoms with Crippen molar-refractivity contribution in [1.82, 2.24) is 0 Å². The van der Waals surface area contributed by atoms with Crippen LogP contribution in [0.5, 0.6) is 5.75 Å². The van der Waals surface area contributed by atoms with Gasteiger partial charge in [0.1, 0.15) is 16.8 Å². The van der Waals surface area contributed by atoms with Crippen LogP contribution in [0.2, 0.25) is 0 Å². The quantitative estimate of drug-likeness (QED) is 0.548. The summed E-state index contributed by atoms with van der Waals surface area (Å²) in [5.74, 6) is 0.476. The highest BCUT2D eigenvalue weighted by molar-refractivity contribution is 7.23. The SMILES string of the molecule is COc1ccc(C(=O)Nc2sc3ccccc3c2C#N)c2ccccc12. The van der Waals surface area contributed by atoms with E-state index in [-0.39, 0.29) is 5.91 Å². The summed E-state index contributed by atoms with van der Waals surface area (Å²) in [5.41, 5.74) is 1.04. The maximum atomic E-state index is 12.9. The molecule has 0 saturated heterocycles. The number of nitriles is 1. The molecular weight excluding hydrogens is 344 g/mol. The van der Waals surface area contributed by atoms with Crippen molar-refractivity contribution in [3.05, 3.63) is 71.8 Å². The molecule has 3 aromatic carbocycles. The van der Waals surface area contributed by atoms with Crippen molar-refractivity contribution in [1.29, 1.82) is 5.26 Å². The van der Waals surface area contributed by atoms with E-state index in [1.165, 1.54) is 11.3 Å². The molecule has 0 aliphatic rings. The molecule has 0 bridgehead atoms. The Morgan fingerprint density at radius 3 is 2.42 bits per heavy atom. The number of amides is 1. The highest BCUT2D eigenvalue weighted by atomic mass is 32.1. The smallest absolute Gasteiger partial charge is 0.256 e. The van der Waals surface area contributed by atoms with E-state index < -0.39 is 0 Å². The minimum Gasteiger partial charge on any atom is -0.496 e. The Balaban J connectivity index is 1.79. The molecule has 0 aliphatic carbocycles. The first kappa shape index (κ1) is 16.1. The van der Waals surface area contributed by atoms with Crippen LogP contribution < -0.4 is 10.1 Å². The van der Waals surface area contributed by atoms with Gasteiger partial charge in [-0.15, -0.1) is 11.3 Å². The fourth-order valence-corrected chi connectivity index (χ4v) is 4.11. The molecule has 4 rings (SSSR count). The van der Waals surface area contributed by atoms with Crippen molar-refractivity contribution in [2.45, 2.75) is 0 Å². The fourth-order valence-electron chi connectivity index (χ4n) is 3.06. The molecule has 126 valence electrons. The van der Waals surface area contributed by atoms with Gasteiger partial charge >= 0.3 is 0 Å². The molecule has 1 heterocycles. The molecular formula is C21H14N2O2S. The number of nitrogens with one attached hydrogen (secondary N) is 1. The van der Waals surface area contributed by atoms with Gasteiger partial charge in [-0.25, -0.2) is 0 Å². The van der Waals surface area contributed by atoms with Crippen LogP contribution in [0, 0.1) is 11.3 Å². The normalized spacial score (nSPS) is 10.6. The molecule has 0 fully saturated rings. The van der Waals surface area contributed by atoms with Crippen molar-refractivity contribution in [2.24, 2.45) is 0 Å². The van der Waals surface area contributed by atoms with Crippen molar-refractivity contribution >= 4 is 43.1 Å². The zero-order valence-corrected chi connectivity index (χ0v) is 14.8. The third-order valence-electron chi connectivity index (χ3n) is 4.28. The van der Waals surface area contributed by atoms with E-state index >= 15 is 0 Å². The van der Waals surface area contributed by atoms with Crippen molar-refractivity contribution in [2.75, 3.05) is 12.4 Å². The summed E-state index contributed by atoms with van der Waals surface area (Å²) in [5, 5.41) is 15.5. The molecule has 0 atom stereocenters. The number of benzene rings is 3. The highest BCUT2D eigenvalue weighted by Gasteiger charge is 2.17. The number of hydrogen-bond donors (Lipinski definition) is 1. The van der Waals surface area contributed by atoms with E-state index in [2.05, 4.69) is 11.4 Å². The monoisotopic (exact) mass is 358 g/mol. The van der Waals surface area contributed by atoms with Crippen molar-refractivity contribution in [3.8, 4) is 11.8 Å². The van der Waals surface area contributed by atoms with Gasteiger partial charge in [0.15, 0.2) is 0 Å². The molecule has 1 N–H and O–H groups in total. The van der Waals surface area contributed by atoms with Gasteiger partial charge in [0.05, 0.1) is 12.7 Å². The van der Waals surface area contributed by atoms with Gasteiger partial charge in [0.25, 0.3) is 5.91 Å². The molecule has 26 heavy (non-hydrogen) atoms. The molecule has 4 aromatic rings. The van der Waals surface area contributed by atoms with Crippen molar-refractivity contribution < 1.29 is 9.53 Å². The van der Waals surface area contributed by atoms with Gasteiger partial charge in [0, 0.05) is 21.0 Å². The van der Waals surface area contributed by atoms with E-state index in [0.717, 1.165) is 26.6 Å². The second kappa shape index (κ2) is 6.51. The highest BCUT2D eigenvalue weighted by Crippen LogP contribution is 2.36. The van der Waals surface area contributed by atoms with E-state index in [4.69, 9.17) is 4.74 Å². The first-order chi connectivity index (χ1) is 12.7. The third kappa shape index (κ3) is 2.57. The summed E-state index contributed by atoms with van der Waals surface area (Å²) in [4.78, 5) is 12.9. The summed E-state index contributed by atoms with van der Waals surface area (Å²) in [6.07, 6.45) is 0. The summed E-state index contributed by atoms with van der Waals surface area (Å²) in [6.45, 7) is 0. The number of carbonyl (C=O) groups excluding carboxylic acids is 1. The van der Waals surface area contributed by atoms with Crippen LogP contribution in [0.25, 0.3) is 20.9 Å². The summed E-state index contributed by atoms with van der Waals surface area (Å²) >= 11 is 1.41. The minimum absolute atomic E-state index is 0.244. The lowest BCUT2D eigenvalue weighted by Gasteiger charge is -2.10. The zero-order valence-electron chi connectivity index (χ0n) is 13.9. The van der Waals surface area contributed by atoms with Crippen LogP contribution in [0.4, 0.5) is 5.00 Å². The van der Waals surface area contributed by atoms with Crippen LogP contribution in [0.1, 0.15) is 15.9 Å². The lowest BCUT2D eigenvalue weighted by atomic mass is 10.0. The second-order valence-electron chi connectivity index (χ2n) is 5.73. The number of fused-ring (bicyclic) bond motifs is 2. The van der Waals surface area contributed by atoms with Crippen LogP contribution in [-0.4, -0.2) is 13.0 Å². The Kier molecular flexibility index (Phi) is 4.04. The number of nitrogens with zero attached hydrogens (tertiary/aromatic N) is 1. The van der Waals surface area contributed by atoms with E-state index in [0.29, 0.717) is 16.1 Å². The van der Waals surface area contributed by atoms with Gasteiger partial charge in [-0.05, 0) is 23.6 Å². The van der Waals surface area contributed by atoms with Crippen LogP contribution in [-0.2, 0) is 0 Å². The molecule has 0 unspecified atom stereocenters. The Morgan fingerprint density at radius 1 is 1.00 bits per heavy atom. The molecule has 1 aromatic heterocycles. The average molecular weight is 358 g/mol. The lowest BCUT2D eigenvalue weighted by Crippen LogP contribution is -2.12.